The first kappa shape index (κ1) is 16.0. The van der Waals surface area contributed by atoms with Crippen molar-refractivity contribution in [3.8, 4) is 0 Å². The van der Waals surface area contributed by atoms with Gasteiger partial charge in [0.15, 0.2) is 0 Å². The maximum atomic E-state index is 11.9. The molecule has 0 aliphatic heterocycles. The molecule has 106 valence electrons. The van der Waals surface area contributed by atoms with E-state index in [-0.39, 0.29) is 6.04 Å². The number of nitrogen functional groups attached to an aromatic ring is 1. The molecule has 1 unspecified atom stereocenters. The maximum absolute atomic E-state index is 11.9. The molecule has 0 spiro atoms. The van der Waals surface area contributed by atoms with Gasteiger partial charge in [-0.05, 0) is 32.2 Å². The van der Waals surface area contributed by atoms with Crippen LogP contribution in [0, 0.1) is 0 Å². The van der Waals surface area contributed by atoms with Gasteiger partial charge in [0.05, 0.1) is 22.9 Å². The second kappa shape index (κ2) is 7.50. The summed E-state index contributed by atoms with van der Waals surface area (Å²) in [7, 11) is 0. The highest BCUT2D eigenvalue weighted by atomic mass is 35.5. The zero-order valence-corrected chi connectivity index (χ0v) is 12.9. The standard InChI is InChI=1S/C13H19ClN2O2S/c1-4-18-13(17)10-5-9(15)6-11(14)12(10)16-8(2)7-19-3/h5-6,8,16H,4,7,15H2,1-3H3. The van der Waals surface area contributed by atoms with Crippen LogP contribution < -0.4 is 11.1 Å². The Balaban J connectivity index is 3.09. The van der Waals surface area contributed by atoms with Gasteiger partial charge in [-0.1, -0.05) is 11.6 Å². The van der Waals surface area contributed by atoms with E-state index in [1.54, 1.807) is 30.8 Å². The molecule has 0 amide bonds. The molecule has 0 aliphatic rings. The second-order valence-corrected chi connectivity index (χ2v) is 5.46. The van der Waals surface area contributed by atoms with Gasteiger partial charge in [0, 0.05) is 17.5 Å². The SMILES string of the molecule is CCOC(=O)c1cc(N)cc(Cl)c1NC(C)CSC. The molecule has 0 saturated heterocycles. The number of ether oxygens (including phenoxy) is 1. The molecule has 6 heteroatoms. The van der Waals surface area contributed by atoms with Gasteiger partial charge >= 0.3 is 5.97 Å². The predicted octanol–water partition coefficient (Wildman–Crippen LogP) is 3.26. The molecule has 0 bridgehead atoms. The lowest BCUT2D eigenvalue weighted by atomic mass is 10.1. The van der Waals surface area contributed by atoms with Crippen LogP contribution in [0.5, 0.6) is 0 Å². The number of nitrogens with two attached hydrogens (primary N) is 1. The van der Waals surface area contributed by atoms with Crippen LogP contribution in [0.1, 0.15) is 24.2 Å². The van der Waals surface area contributed by atoms with Crippen molar-refractivity contribution in [3.05, 3.63) is 22.7 Å². The molecule has 0 heterocycles. The number of anilines is 2. The monoisotopic (exact) mass is 302 g/mol. The zero-order chi connectivity index (χ0) is 14.4. The summed E-state index contributed by atoms with van der Waals surface area (Å²) >= 11 is 7.88. The van der Waals surface area contributed by atoms with Crippen molar-refractivity contribution in [3.63, 3.8) is 0 Å². The first-order valence-corrected chi connectivity index (χ1v) is 7.78. The Hall–Kier alpha value is -1.07. The highest BCUT2D eigenvalue weighted by Crippen LogP contribution is 2.30. The number of carbonyl (C=O) groups excluding carboxylic acids is 1. The topological polar surface area (TPSA) is 64.3 Å². The van der Waals surface area contributed by atoms with E-state index in [4.69, 9.17) is 22.1 Å². The van der Waals surface area contributed by atoms with Gasteiger partial charge < -0.3 is 15.8 Å². The summed E-state index contributed by atoms with van der Waals surface area (Å²) in [5, 5.41) is 3.66. The van der Waals surface area contributed by atoms with E-state index in [0.717, 1.165) is 5.75 Å². The molecule has 0 fully saturated rings. The van der Waals surface area contributed by atoms with Crippen molar-refractivity contribution in [2.75, 3.05) is 29.7 Å². The number of carbonyl (C=O) groups is 1. The third kappa shape index (κ3) is 4.51. The normalized spacial score (nSPS) is 12.0. The third-order valence-corrected chi connectivity index (χ3v) is 3.55. The minimum Gasteiger partial charge on any atom is -0.462 e. The van der Waals surface area contributed by atoms with E-state index in [1.165, 1.54) is 0 Å². The van der Waals surface area contributed by atoms with Gasteiger partial charge in [0.1, 0.15) is 0 Å². The van der Waals surface area contributed by atoms with Crippen LogP contribution in [-0.2, 0) is 4.74 Å². The third-order valence-electron chi connectivity index (χ3n) is 2.42. The average Bonchev–Trinajstić information content (AvgIpc) is 2.33. The fraction of sp³-hybridized carbons (Fsp3) is 0.462. The fourth-order valence-corrected chi connectivity index (χ4v) is 2.55. The summed E-state index contributed by atoms with van der Waals surface area (Å²) in [5.41, 5.74) is 7.12. The van der Waals surface area contributed by atoms with Crippen LogP contribution in [0.3, 0.4) is 0 Å². The predicted molar refractivity (Wildman–Crippen MR) is 83.3 cm³/mol. The van der Waals surface area contributed by atoms with Crippen LogP contribution in [0.15, 0.2) is 12.1 Å². The molecule has 19 heavy (non-hydrogen) atoms. The minimum absolute atomic E-state index is 0.185. The molecule has 0 aromatic heterocycles. The molecule has 0 radical (unpaired) electrons. The highest BCUT2D eigenvalue weighted by molar-refractivity contribution is 7.98. The maximum Gasteiger partial charge on any atom is 0.340 e. The number of hydrogen-bond donors (Lipinski definition) is 2. The van der Waals surface area contributed by atoms with E-state index in [0.29, 0.717) is 28.6 Å². The van der Waals surface area contributed by atoms with E-state index in [1.807, 2.05) is 13.2 Å². The summed E-state index contributed by atoms with van der Waals surface area (Å²) in [6, 6.07) is 3.39. The molecule has 1 aromatic rings. The molecule has 1 rings (SSSR count). The summed E-state index contributed by atoms with van der Waals surface area (Å²) in [6.07, 6.45) is 2.02. The largest absolute Gasteiger partial charge is 0.462 e. The average molecular weight is 303 g/mol. The van der Waals surface area contributed by atoms with Crippen LogP contribution in [0.2, 0.25) is 5.02 Å². The van der Waals surface area contributed by atoms with E-state index >= 15 is 0 Å². The van der Waals surface area contributed by atoms with E-state index in [9.17, 15) is 4.79 Å². The van der Waals surface area contributed by atoms with E-state index in [2.05, 4.69) is 5.32 Å². The molecule has 0 aliphatic carbocycles. The number of esters is 1. The number of benzene rings is 1. The minimum atomic E-state index is -0.421. The summed E-state index contributed by atoms with van der Waals surface area (Å²) in [4.78, 5) is 11.9. The van der Waals surface area contributed by atoms with Gasteiger partial charge in [-0.2, -0.15) is 11.8 Å². The van der Waals surface area contributed by atoms with Gasteiger partial charge in [-0.25, -0.2) is 4.79 Å². The first-order valence-electron chi connectivity index (χ1n) is 6.01. The van der Waals surface area contributed by atoms with Crippen LogP contribution >= 0.6 is 23.4 Å². The van der Waals surface area contributed by atoms with Crippen molar-refractivity contribution in [2.24, 2.45) is 0 Å². The molecule has 1 atom stereocenters. The Bertz CT molecular complexity index is 455. The lowest BCUT2D eigenvalue weighted by molar-refractivity contribution is 0.0527. The van der Waals surface area contributed by atoms with Crippen molar-refractivity contribution in [1.82, 2.24) is 0 Å². The lowest BCUT2D eigenvalue weighted by Crippen LogP contribution is -2.20. The fourth-order valence-electron chi connectivity index (χ4n) is 1.68. The van der Waals surface area contributed by atoms with Gasteiger partial charge in [-0.15, -0.1) is 0 Å². The Labute approximate surface area is 123 Å². The molecule has 0 saturated carbocycles. The number of halogens is 1. The Morgan fingerprint density at radius 2 is 2.26 bits per heavy atom. The number of hydrogen-bond acceptors (Lipinski definition) is 5. The zero-order valence-electron chi connectivity index (χ0n) is 11.3. The first-order chi connectivity index (χ1) is 8.99. The van der Waals surface area contributed by atoms with Crippen molar-refractivity contribution < 1.29 is 9.53 Å². The van der Waals surface area contributed by atoms with E-state index < -0.39 is 5.97 Å². The Morgan fingerprint density at radius 3 is 2.84 bits per heavy atom. The van der Waals surface area contributed by atoms with Crippen molar-refractivity contribution in [2.45, 2.75) is 19.9 Å². The van der Waals surface area contributed by atoms with Crippen LogP contribution in [-0.4, -0.2) is 30.6 Å². The summed E-state index contributed by atoms with van der Waals surface area (Å²) < 4.78 is 5.02. The van der Waals surface area contributed by atoms with Gasteiger partial charge in [0.2, 0.25) is 0 Å². The molecule has 3 N–H and O–H groups in total. The quantitative estimate of drug-likeness (QED) is 0.624. The highest BCUT2D eigenvalue weighted by Gasteiger charge is 2.18. The second-order valence-electron chi connectivity index (χ2n) is 4.15. The number of thioether (sulfide) groups is 1. The lowest BCUT2D eigenvalue weighted by Gasteiger charge is -2.18. The summed E-state index contributed by atoms with van der Waals surface area (Å²) in [5.74, 6) is 0.485. The van der Waals surface area contributed by atoms with Crippen LogP contribution in [0.4, 0.5) is 11.4 Å². The Morgan fingerprint density at radius 1 is 1.58 bits per heavy atom. The molecule has 1 aromatic carbocycles. The van der Waals surface area contributed by atoms with Crippen molar-refractivity contribution >= 4 is 40.7 Å². The van der Waals surface area contributed by atoms with Gasteiger partial charge in [0.25, 0.3) is 0 Å². The van der Waals surface area contributed by atoms with Crippen molar-refractivity contribution in [1.29, 1.82) is 0 Å². The van der Waals surface area contributed by atoms with Gasteiger partial charge in [-0.3, -0.25) is 0 Å². The smallest absolute Gasteiger partial charge is 0.340 e. The molecular formula is C13H19ClN2O2S. The Kier molecular flexibility index (Phi) is 6.31. The molecule has 4 nitrogen and oxygen atoms in total. The number of nitrogens with one attached hydrogen (secondary N) is 1. The summed E-state index contributed by atoms with van der Waals surface area (Å²) in [6.45, 7) is 4.10. The van der Waals surface area contributed by atoms with Crippen LogP contribution in [0.25, 0.3) is 0 Å². The molecular weight excluding hydrogens is 284 g/mol. The number of rotatable bonds is 6.